The van der Waals surface area contributed by atoms with Gasteiger partial charge < -0.3 is 5.32 Å². The van der Waals surface area contributed by atoms with Crippen LogP contribution in [0.15, 0.2) is 41.8 Å². The van der Waals surface area contributed by atoms with E-state index in [2.05, 4.69) is 16.8 Å². The van der Waals surface area contributed by atoms with E-state index >= 15 is 0 Å². The topological polar surface area (TPSA) is 15.3 Å². The highest BCUT2D eigenvalue weighted by Gasteiger charge is 2.29. The van der Waals surface area contributed by atoms with Crippen molar-refractivity contribution in [1.82, 2.24) is 10.2 Å². The van der Waals surface area contributed by atoms with Gasteiger partial charge in [-0.25, -0.2) is 0 Å². The monoisotopic (exact) mass is 358 g/mol. The standard InChI is InChI=1S/C18H25F3N2S/c1-2-3-4-5-6-17(23-13-11-22-12-14-23)15-7-9-16(10-8-15)24-18(19,20)21/h2,7-10,17,22H,1,3-6,11-14H2/t17-/m1/s1. The molecule has 1 fully saturated rings. The molecule has 1 aromatic carbocycles. The van der Waals surface area contributed by atoms with Crippen molar-refractivity contribution in [3.63, 3.8) is 0 Å². The van der Waals surface area contributed by atoms with Crippen molar-refractivity contribution in [3.05, 3.63) is 42.5 Å². The number of hydrogen-bond acceptors (Lipinski definition) is 3. The van der Waals surface area contributed by atoms with Crippen LogP contribution in [0.3, 0.4) is 0 Å². The van der Waals surface area contributed by atoms with E-state index in [1.54, 1.807) is 12.1 Å². The van der Waals surface area contributed by atoms with Crippen molar-refractivity contribution in [2.24, 2.45) is 0 Å². The van der Waals surface area contributed by atoms with E-state index in [9.17, 15) is 13.2 Å². The van der Waals surface area contributed by atoms with Gasteiger partial charge in [-0.05, 0) is 48.7 Å². The fourth-order valence-electron chi connectivity index (χ4n) is 3.07. The van der Waals surface area contributed by atoms with Crippen LogP contribution in [-0.4, -0.2) is 36.6 Å². The Bertz CT molecular complexity index is 496. The molecule has 1 heterocycles. The van der Waals surface area contributed by atoms with E-state index in [0.717, 1.165) is 57.4 Å². The lowest BCUT2D eigenvalue weighted by atomic mass is 9.98. The van der Waals surface area contributed by atoms with Crippen LogP contribution in [0.4, 0.5) is 13.2 Å². The third-order valence-electron chi connectivity index (χ3n) is 4.23. The van der Waals surface area contributed by atoms with E-state index in [-0.39, 0.29) is 22.7 Å². The van der Waals surface area contributed by atoms with Crippen molar-refractivity contribution in [3.8, 4) is 0 Å². The summed E-state index contributed by atoms with van der Waals surface area (Å²) in [5, 5.41) is 3.35. The summed E-state index contributed by atoms with van der Waals surface area (Å²) in [4.78, 5) is 2.69. The number of nitrogens with zero attached hydrogens (tertiary/aromatic N) is 1. The van der Waals surface area contributed by atoms with Crippen LogP contribution in [-0.2, 0) is 0 Å². The van der Waals surface area contributed by atoms with Crippen molar-refractivity contribution < 1.29 is 13.2 Å². The molecule has 6 heteroatoms. The fraction of sp³-hybridized carbons (Fsp3) is 0.556. The number of halogens is 3. The summed E-state index contributed by atoms with van der Waals surface area (Å²) in [7, 11) is 0. The predicted octanol–water partition coefficient (Wildman–Crippen LogP) is 4.99. The van der Waals surface area contributed by atoms with Crippen LogP contribution >= 0.6 is 11.8 Å². The van der Waals surface area contributed by atoms with Gasteiger partial charge in [-0.2, -0.15) is 13.2 Å². The molecule has 1 aliphatic heterocycles. The molecule has 0 bridgehead atoms. The zero-order valence-corrected chi connectivity index (χ0v) is 14.6. The molecule has 0 amide bonds. The molecule has 0 radical (unpaired) electrons. The second kappa shape index (κ2) is 9.49. The Morgan fingerprint density at radius 3 is 2.42 bits per heavy atom. The number of alkyl halides is 3. The number of piperazine rings is 1. The summed E-state index contributed by atoms with van der Waals surface area (Å²) in [5.41, 5.74) is -3.12. The lowest BCUT2D eigenvalue weighted by Crippen LogP contribution is -2.45. The Balaban J connectivity index is 2.05. The maximum Gasteiger partial charge on any atom is 0.446 e. The summed E-state index contributed by atoms with van der Waals surface area (Å²) < 4.78 is 37.4. The molecule has 0 spiro atoms. The maximum absolute atomic E-state index is 12.5. The van der Waals surface area contributed by atoms with E-state index in [4.69, 9.17) is 0 Å². The van der Waals surface area contributed by atoms with Gasteiger partial charge in [0.15, 0.2) is 0 Å². The first-order chi connectivity index (χ1) is 11.5. The first kappa shape index (κ1) is 19.3. The molecule has 24 heavy (non-hydrogen) atoms. The molecule has 0 aliphatic carbocycles. The quantitative estimate of drug-likeness (QED) is 0.400. The van der Waals surface area contributed by atoms with Gasteiger partial charge in [0.2, 0.25) is 0 Å². The highest BCUT2D eigenvalue weighted by molar-refractivity contribution is 8.00. The molecule has 0 unspecified atom stereocenters. The highest BCUT2D eigenvalue weighted by atomic mass is 32.2. The van der Waals surface area contributed by atoms with E-state index in [1.165, 1.54) is 0 Å². The van der Waals surface area contributed by atoms with Crippen LogP contribution in [0.25, 0.3) is 0 Å². The first-order valence-electron chi connectivity index (χ1n) is 8.41. The van der Waals surface area contributed by atoms with Crippen molar-refractivity contribution >= 4 is 11.8 Å². The van der Waals surface area contributed by atoms with E-state index in [0.29, 0.717) is 0 Å². The van der Waals surface area contributed by atoms with Crippen LogP contribution in [0, 0.1) is 0 Å². The summed E-state index contributed by atoms with van der Waals surface area (Å²) in [6, 6.07) is 7.17. The molecule has 1 atom stereocenters. The second-order valence-corrected chi connectivity index (χ2v) is 7.13. The number of nitrogens with one attached hydrogen (secondary N) is 1. The minimum Gasteiger partial charge on any atom is -0.314 e. The van der Waals surface area contributed by atoms with Crippen LogP contribution in [0.2, 0.25) is 0 Å². The third kappa shape index (κ3) is 6.49. The molecule has 2 nitrogen and oxygen atoms in total. The van der Waals surface area contributed by atoms with Gasteiger partial charge in [-0.15, -0.1) is 6.58 Å². The summed E-state index contributed by atoms with van der Waals surface area (Å²) in [6.07, 6.45) is 6.17. The van der Waals surface area contributed by atoms with Gasteiger partial charge >= 0.3 is 5.51 Å². The van der Waals surface area contributed by atoms with Gasteiger partial charge in [-0.3, -0.25) is 4.90 Å². The van der Waals surface area contributed by atoms with Crippen molar-refractivity contribution in [1.29, 1.82) is 0 Å². The van der Waals surface area contributed by atoms with Gasteiger partial charge in [0, 0.05) is 37.1 Å². The van der Waals surface area contributed by atoms with Gasteiger partial charge in [0.1, 0.15) is 0 Å². The molecule has 2 rings (SSSR count). The molecule has 0 saturated carbocycles. The minimum absolute atomic E-state index is 0.0535. The second-order valence-electron chi connectivity index (χ2n) is 5.99. The maximum atomic E-state index is 12.5. The predicted molar refractivity (Wildman–Crippen MR) is 94.2 cm³/mol. The molecular weight excluding hydrogens is 333 g/mol. The smallest absolute Gasteiger partial charge is 0.314 e. The molecule has 1 saturated heterocycles. The van der Waals surface area contributed by atoms with Crippen LogP contribution < -0.4 is 5.32 Å². The Kier molecular flexibility index (Phi) is 7.65. The molecule has 1 N–H and O–H groups in total. The van der Waals surface area contributed by atoms with Crippen molar-refractivity contribution in [2.75, 3.05) is 26.2 Å². The van der Waals surface area contributed by atoms with E-state index in [1.807, 2.05) is 18.2 Å². The van der Waals surface area contributed by atoms with Gasteiger partial charge in [0.25, 0.3) is 0 Å². The Hall–Kier alpha value is -0.980. The fourth-order valence-corrected chi connectivity index (χ4v) is 3.61. The van der Waals surface area contributed by atoms with E-state index < -0.39 is 5.51 Å². The highest BCUT2D eigenvalue weighted by Crippen LogP contribution is 2.37. The van der Waals surface area contributed by atoms with Crippen LogP contribution in [0.1, 0.15) is 37.3 Å². The molecule has 1 aliphatic rings. The van der Waals surface area contributed by atoms with Crippen molar-refractivity contribution in [2.45, 2.75) is 42.1 Å². The lowest BCUT2D eigenvalue weighted by Gasteiger charge is -2.35. The number of unbranched alkanes of at least 4 members (excludes halogenated alkanes) is 2. The zero-order valence-electron chi connectivity index (χ0n) is 13.8. The number of thioether (sulfide) groups is 1. The normalized spacial score (nSPS) is 17.6. The Labute approximate surface area is 146 Å². The first-order valence-corrected chi connectivity index (χ1v) is 9.22. The molecule has 0 aromatic heterocycles. The average Bonchev–Trinajstić information content (AvgIpc) is 2.55. The molecule has 1 aromatic rings. The lowest BCUT2D eigenvalue weighted by molar-refractivity contribution is -0.0328. The number of rotatable bonds is 8. The number of benzene rings is 1. The number of hydrogen-bond donors (Lipinski definition) is 1. The minimum atomic E-state index is -4.23. The molecular formula is C18H25F3N2S. The SMILES string of the molecule is C=CCCCC[C@H](c1ccc(SC(F)(F)F)cc1)N1CCNCC1. The summed E-state index contributed by atoms with van der Waals surface area (Å²) in [5.74, 6) is 0. The largest absolute Gasteiger partial charge is 0.446 e. The summed E-state index contributed by atoms with van der Waals surface area (Å²) in [6.45, 7) is 7.63. The third-order valence-corrected chi connectivity index (χ3v) is 4.97. The Morgan fingerprint density at radius 2 is 1.83 bits per heavy atom. The van der Waals surface area contributed by atoms with Gasteiger partial charge in [0.05, 0.1) is 0 Å². The average molecular weight is 358 g/mol. The number of allylic oxidation sites excluding steroid dienone is 1. The molecule has 134 valence electrons. The summed E-state index contributed by atoms with van der Waals surface area (Å²) >= 11 is -0.0535. The van der Waals surface area contributed by atoms with Gasteiger partial charge in [-0.1, -0.05) is 24.6 Å². The van der Waals surface area contributed by atoms with Crippen LogP contribution in [0.5, 0.6) is 0 Å². The Morgan fingerprint density at radius 1 is 1.17 bits per heavy atom. The zero-order chi connectivity index (χ0) is 17.4.